The summed E-state index contributed by atoms with van der Waals surface area (Å²) < 4.78 is 4.96. The molecule has 5 heteroatoms. The third-order valence-corrected chi connectivity index (χ3v) is 2.62. The van der Waals surface area contributed by atoms with Crippen molar-refractivity contribution in [2.24, 2.45) is 0 Å². The second-order valence-corrected chi connectivity index (χ2v) is 3.99. The molecule has 0 saturated carbocycles. The number of furan rings is 1. The van der Waals surface area contributed by atoms with Crippen molar-refractivity contribution in [2.75, 3.05) is 0 Å². The fraction of sp³-hybridized carbons (Fsp3) is 0.143. The van der Waals surface area contributed by atoms with Gasteiger partial charge in [-0.3, -0.25) is 4.79 Å². The monoisotopic (exact) mass is 258 g/mol. The van der Waals surface area contributed by atoms with E-state index in [1.54, 1.807) is 30.3 Å². The summed E-state index contributed by atoms with van der Waals surface area (Å²) in [6.45, 7) is 0. The van der Waals surface area contributed by atoms with Gasteiger partial charge in [-0.05, 0) is 17.7 Å². The molecule has 5 nitrogen and oxygen atoms in total. The molecule has 1 atom stereocenters. The normalized spacial score (nSPS) is 11.8. The molecule has 0 saturated heterocycles. The van der Waals surface area contributed by atoms with Crippen LogP contribution in [-0.4, -0.2) is 11.9 Å². The largest absolute Gasteiger partial charge is 0.550 e. The summed E-state index contributed by atoms with van der Waals surface area (Å²) in [5, 5.41) is 13.4. The van der Waals surface area contributed by atoms with Crippen molar-refractivity contribution >= 4 is 11.9 Å². The molecule has 0 fully saturated rings. The zero-order valence-corrected chi connectivity index (χ0v) is 10.0. The first-order valence-corrected chi connectivity index (χ1v) is 5.76. The van der Waals surface area contributed by atoms with Crippen molar-refractivity contribution in [2.45, 2.75) is 12.5 Å². The Kier molecular flexibility index (Phi) is 3.97. The molecule has 0 aliphatic heterocycles. The molecular formula is C14H12NO4-. The fourth-order valence-electron chi connectivity index (χ4n) is 1.74. The number of hydrogen-bond acceptors (Lipinski definition) is 4. The highest BCUT2D eigenvalue weighted by atomic mass is 16.4. The Morgan fingerprint density at radius 2 is 1.89 bits per heavy atom. The molecule has 0 aliphatic carbocycles. The average molecular weight is 258 g/mol. The summed E-state index contributed by atoms with van der Waals surface area (Å²) in [5.41, 5.74) is 0.701. The molecule has 1 heterocycles. The first-order chi connectivity index (χ1) is 9.16. The first-order valence-electron chi connectivity index (χ1n) is 5.76. The van der Waals surface area contributed by atoms with Gasteiger partial charge >= 0.3 is 0 Å². The Balaban J connectivity index is 2.15. The third kappa shape index (κ3) is 3.45. The van der Waals surface area contributed by atoms with Gasteiger partial charge in [0.2, 0.25) is 0 Å². The van der Waals surface area contributed by atoms with Gasteiger partial charge in [-0.1, -0.05) is 30.3 Å². The molecule has 0 bridgehead atoms. The lowest BCUT2D eigenvalue weighted by atomic mass is 10.0. The first kappa shape index (κ1) is 12.9. The van der Waals surface area contributed by atoms with E-state index in [9.17, 15) is 14.7 Å². The van der Waals surface area contributed by atoms with Crippen LogP contribution in [0, 0.1) is 0 Å². The molecule has 0 aliphatic rings. The maximum atomic E-state index is 11.9. The Bertz CT molecular complexity index is 548. The number of nitrogens with one attached hydrogen (secondary N) is 1. The van der Waals surface area contributed by atoms with Crippen LogP contribution >= 0.6 is 0 Å². The van der Waals surface area contributed by atoms with Gasteiger partial charge in [0, 0.05) is 12.4 Å². The predicted molar refractivity (Wildman–Crippen MR) is 65.0 cm³/mol. The fourth-order valence-corrected chi connectivity index (χ4v) is 1.74. The van der Waals surface area contributed by atoms with E-state index >= 15 is 0 Å². The third-order valence-electron chi connectivity index (χ3n) is 2.62. The van der Waals surface area contributed by atoms with Gasteiger partial charge < -0.3 is 19.6 Å². The van der Waals surface area contributed by atoms with Gasteiger partial charge in [-0.25, -0.2) is 0 Å². The molecule has 0 radical (unpaired) electrons. The van der Waals surface area contributed by atoms with Crippen molar-refractivity contribution in [3.63, 3.8) is 0 Å². The number of benzene rings is 1. The zero-order chi connectivity index (χ0) is 13.7. The highest BCUT2D eigenvalue weighted by molar-refractivity contribution is 5.91. The molecule has 1 N–H and O–H groups in total. The molecule has 1 unspecified atom stereocenters. The van der Waals surface area contributed by atoms with Crippen molar-refractivity contribution in [1.82, 2.24) is 5.32 Å². The summed E-state index contributed by atoms with van der Waals surface area (Å²) in [6.07, 6.45) is 1.08. The second kappa shape index (κ2) is 5.86. The van der Waals surface area contributed by atoms with Gasteiger partial charge in [0.15, 0.2) is 5.76 Å². The predicted octanol–water partition coefficient (Wildman–Crippen LogP) is 0.891. The molecule has 0 spiro atoms. The minimum absolute atomic E-state index is 0.138. The van der Waals surface area contributed by atoms with E-state index in [1.807, 2.05) is 6.07 Å². The van der Waals surface area contributed by atoms with Crippen LogP contribution in [0.1, 0.15) is 28.6 Å². The quantitative estimate of drug-likeness (QED) is 0.863. The van der Waals surface area contributed by atoms with Crippen LogP contribution in [0.4, 0.5) is 0 Å². The van der Waals surface area contributed by atoms with Crippen LogP contribution in [0.15, 0.2) is 53.1 Å². The standard InChI is InChI=1S/C14H13NO4/c16-13(17)9-11(10-5-2-1-3-6-10)15-14(18)12-7-4-8-19-12/h1-8,11H,9H2,(H,15,18)(H,16,17)/p-1. The van der Waals surface area contributed by atoms with E-state index in [-0.39, 0.29) is 12.2 Å². The van der Waals surface area contributed by atoms with Crippen LogP contribution < -0.4 is 10.4 Å². The topological polar surface area (TPSA) is 82.4 Å². The lowest BCUT2D eigenvalue weighted by Gasteiger charge is -2.19. The highest BCUT2D eigenvalue weighted by Gasteiger charge is 2.17. The lowest BCUT2D eigenvalue weighted by molar-refractivity contribution is -0.306. The van der Waals surface area contributed by atoms with Gasteiger partial charge in [-0.15, -0.1) is 0 Å². The molecular weight excluding hydrogens is 246 g/mol. The molecule has 2 aromatic rings. The number of carbonyl (C=O) groups is 2. The molecule has 98 valence electrons. The van der Waals surface area contributed by atoms with Crippen LogP contribution in [0.25, 0.3) is 0 Å². The Morgan fingerprint density at radius 3 is 2.47 bits per heavy atom. The molecule has 1 amide bonds. The van der Waals surface area contributed by atoms with Crippen molar-refractivity contribution in [1.29, 1.82) is 0 Å². The Hall–Kier alpha value is -2.56. The molecule has 1 aromatic heterocycles. The van der Waals surface area contributed by atoms with E-state index < -0.39 is 17.9 Å². The van der Waals surface area contributed by atoms with E-state index in [2.05, 4.69) is 5.32 Å². The van der Waals surface area contributed by atoms with E-state index in [0.29, 0.717) is 5.56 Å². The summed E-state index contributed by atoms with van der Waals surface area (Å²) in [6, 6.07) is 11.3. The summed E-state index contributed by atoms with van der Waals surface area (Å²) >= 11 is 0. The average Bonchev–Trinajstić information content (AvgIpc) is 2.92. The van der Waals surface area contributed by atoms with Crippen LogP contribution in [0.5, 0.6) is 0 Å². The van der Waals surface area contributed by atoms with Crippen LogP contribution in [-0.2, 0) is 4.79 Å². The van der Waals surface area contributed by atoms with E-state index in [1.165, 1.54) is 12.3 Å². The second-order valence-electron chi connectivity index (χ2n) is 3.99. The van der Waals surface area contributed by atoms with Gasteiger partial charge in [0.05, 0.1) is 12.3 Å². The molecule has 1 aromatic carbocycles. The zero-order valence-electron chi connectivity index (χ0n) is 10.0. The van der Waals surface area contributed by atoms with Crippen LogP contribution in [0.2, 0.25) is 0 Å². The lowest BCUT2D eigenvalue weighted by Crippen LogP contribution is -2.34. The summed E-state index contributed by atoms with van der Waals surface area (Å²) in [5.74, 6) is -1.55. The number of carboxylic acids is 1. The maximum Gasteiger partial charge on any atom is 0.287 e. The number of amides is 1. The maximum absolute atomic E-state index is 11.9. The van der Waals surface area contributed by atoms with Crippen molar-refractivity contribution in [3.05, 3.63) is 60.1 Å². The van der Waals surface area contributed by atoms with E-state index in [4.69, 9.17) is 4.42 Å². The number of aliphatic carboxylic acids is 1. The van der Waals surface area contributed by atoms with Gasteiger partial charge in [0.1, 0.15) is 0 Å². The van der Waals surface area contributed by atoms with Gasteiger partial charge in [-0.2, -0.15) is 0 Å². The van der Waals surface area contributed by atoms with Crippen LogP contribution in [0.3, 0.4) is 0 Å². The summed E-state index contributed by atoms with van der Waals surface area (Å²) in [7, 11) is 0. The Morgan fingerprint density at radius 1 is 1.16 bits per heavy atom. The SMILES string of the molecule is O=C([O-])CC(NC(=O)c1ccco1)c1ccccc1. The number of carbonyl (C=O) groups excluding carboxylic acids is 2. The van der Waals surface area contributed by atoms with E-state index in [0.717, 1.165) is 0 Å². The summed E-state index contributed by atoms with van der Waals surface area (Å²) in [4.78, 5) is 22.6. The van der Waals surface area contributed by atoms with Gasteiger partial charge in [0.25, 0.3) is 5.91 Å². The minimum atomic E-state index is -1.23. The highest BCUT2D eigenvalue weighted by Crippen LogP contribution is 2.17. The number of carboxylic acid groups (broad SMARTS) is 1. The number of hydrogen-bond donors (Lipinski definition) is 1. The smallest absolute Gasteiger partial charge is 0.287 e. The Labute approximate surface area is 109 Å². The van der Waals surface area contributed by atoms with Crippen molar-refractivity contribution in [3.8, 4) is 0 Å². The molecule has 2 rings (SSSR count). The number of rotatable bonds is 5. The molecule has 19 heavy (non-hydrogen) atoms. The van der Waals surface area contributed by atoms with Crippen molar-refractivity contribution < 1.29 is 19.1 Å². The minimum Gasteiger partial charge on any atom is -0.550 e.